The summed E-state index contributed by atoms with van der Waals surface area (Å²) in [4.78, 5) is 8.17. The molecule has 0 spiro atoms. The summed E-state index contributed by atoms with van der Waals surface area (Å²) >= 11 is 0. The van der Waals surface area contributed by atoms with Crippen LogP contribution in [0.4, 0.5) is 5.82 Å². The highest BCUT2D eigenvalue weighted by molar-refractivity contribution is 5.51. The van der Waals surface area contributed by atoms with Crippen LogP contribution in [0.25, 0.3) is 11.6 Å². The number of nitrogens with two attached hydrogens (primary N) is 2. The molecule has 2 aromatic rings. The van der Waals surface area contributed by atoms with Crippen LogP contribution in [0.15, 0.2) is 29.0 Å². The highest BCUT2D eigenvalue weighted by Crippen LogP contribution is 2.17. The molecule has 0 atom stereocenters. The Balaban J connectivity index is 2.43. The molecule has 5 heteroatoms. The number of nitrogen functional groups attached to an aromatic ring is 1. The molecule has 0 unspecified atom stereocenters. The number of aromatic nitrogens is 2. The van der Waals surface area contributed by atoms with E-state index >= 15 is 0 Å². The second-order valence-electron chi connectivity index (χ2n) is 2.79. The Hall–Kier alpha value is -1.88. The third-order valence-electron chi connectivity index (χ3n) is 1.86. The second-order valence-corrected chi connectivity index (χ2v) is 2.79. The first kappa shape index (κ1) is 8.71. The molecule has 5 nitrogen and oxygen atoms in total. The Labute approximate surface area is 80.8 Å². The van der Waals surface area contributed by atoms with Crippen LogP contribution < -0.4 is 11.5 Å². The van der Waals surface area contributed by atoms with Crippen LogP contribution >= 0.6 is 0 Å². The van der Waals surface area contributed by atoms with E-state index < -0.39 is 0 Å². The number of nitrogens with zero attached hydrogens (tertiary/aromatic N) is 2. The molecule has 0 bridgehead atoms. The van der Waals surface area contributed by atoms with Gasteiger partial charge in [0.2, 0.25) is 0 Å². The van der Waals surface area contributed by atoms with Crippen LogP contribution in [0.2, 0.25) is 0 Å². The predicted octanol–water partition coefficient (Wildman–Crippen LogP) is 0.778. The second kappa shape index (κ2) is 3.47. The normalized spacial score (nSPS) is 10.4. The maximum atomic E-state index is 5.67. The van der Waals surface area contributed by atoms with E-state index in [0.717, 1.165) is 5.56 Å². The van der Waals surface area contributed by atoms with Crippen molar-refractivity contribution in [3.05, 3.63) is 30.2 Å². The van der Waals surface area contributed by atoms with E-state index in [4.69, 9.17) is 15.9 Å². The zero-order chi connectivity index (χ0) is 9.97. The minimum Gasteiger partial charge on any atom is -0.461 e. The lowest BCUT2D eigenvalue weighted by Gasteiger charge is -2.01. The van der Waals surface area contributed by atoms with Gasteiger partial charge in [-0.2, -0.15) is 0 Å². The molecule has 0 aliphatic carbocycles. The van der Waals surface area contributed by atoms with Crippen LogP contribution in [0.3, 0.4) is 0 Å². The lowest BCUT2D eigenvalue weighted by atomic mass is 10.3. The fourth-order valence-electron chi connectivity index (χ4n) is 1.10. The maximum Gasteiger partial charge on any atom is 0.197 e. The van der Waals surface area contributed by atoms with E-state index in [2.05, 4.69) is 9.97 Å². The first-order chi connectivity index (χ1) is 6.81. The van der Waals surface area contributed by atoms with Gasteiger partial charge in [-0.3, -0.25) is 0 Å². The molecule has 0 aromatic carbocycles. The minimum absolute atomic E-state index is 0.338. The Morgan fingerprint density at radius 1 is 1.43 bits per heavy atom. The Bertz CT molecular complexity index is 424. The number of rotatable bonds is 2. The summed E-state index contributed by atoms with van der Waals surface area (Å²) < 4.78 is 5.14. The van der Waals surface area contributed by atoms with Gasteiger partial charge in [-0.05, 0) is 12.1 Å². The van der Waals surface area contributed by atoms with Crippen LogP contribution in [0.5, 0.6) is 0 Å². The van der Waals surface area contributed by atoms with Gasteiger partial charge in [0, 0.05) is 18.3 Å². The van der Waals surface area contributed by atoms with Gasteiger partial charge < -0.3 is 15.9 Å². The fourth-order valence-corrected chi connectivity index (χ4v) is 1.10. The number of hydrogen-bond acceptors (Lipinski definition) is 5. The van der Waals surface area contributed by atoms with Gasteiger partial charge in [-0.25, -0.2) is 9.97 Å². The molecule has 0 aliphatic rings. The molecule has 0 aliphatic heterocycles. The highest BCUT2D eigenvalue weighted by atomic mass is 16.3. The van der Waals surface area contributed by atoms with Gasteiger partial charge >= 0.3 is 0 Å². The molecular formula is C9H10N4O. The van der Waals surface area contributed by atoms with E-state index in [1.807, 2.05) is 0 Å². The summed E-state index contributed by atoms with van der Waals surface area (Å²) in [6, 6.07) is 3.54. The Morgan fingerprint density at radius 2 is 2.29 bits per heavy atom. The topological polar surface area (TPSA) is 91.0 Å². The highest BCUT2D eigenvalue weighted by Gasteiger charge is 2.06. The first-order valence-corrected chi connectivity index (χ1v) is 4.16. The van der Waals surface area contributed by atoms with Crippen molar-refractivity contribution in [2.75, 3.05) is 5.73 Å². The summed E-state index contributed by atoms with van der Waals surface area (Å²) in [6.45, 7) is 0.338. The smallest absolute Gasteiger partial charge is 0.197 e. The Kier molecular flexibility index (Phi) is 2.16. The van der Waals surface area contributed by atoms with Gasteiger partial charge in [0.1, 0.15) is 5.82 Å². The van der Waals surface area contributed by atoms with E-state index in [1.165, 1.54) is 0 Å². The summed E-state index contributed by atoms with van der Waals surface area (Å²) in [6.07, 6.45) is 3.17. The number of hydrogen-bond donors (Lipinski definition) is 2. The molecule has 14 heavy (non-hydrogen) atoms. The van der Waals surface area contributed by atoms with Crippen LogP contribution in [0.1, 0.15) is 5.56 Å². The van der Waals surface area contributed by atoms with Gasteiger partial charge in [0.15, 0.2) is 11.6 Å². The lowest BCUT2D eigenvalue weighted by molar-refractivity contribution is 0.577. The Morgan fingerprint density at radius 3 is 2.86 bits per heavy atom. The summed E-state index contributed by atoms with van der Waals surface area (Å²) in [5.41, 5.74) is 11.8. The minimum atomic E-state index is 0.338. The van der Waals surface area contributed by atoms with Crippen LogP contribution in [-0.4, -0.2) is 9.97 Å². The molecule has 72 valence electrons. The van der Waals surface area contributed by atoms with Gasteiger partial charge in [0.05, 0.1) is 6.26 Å². The summed E-state index contributed by atoms with van der Waals surface area (Å²) in [5, 5.41) is 0. The van der Waals surface area contributed by atoms with Crippen molar-refractivity contribution in [3.8, 4) is 11.6 Å². The van der Waals surface area contributed by atoms with Crippen LogP contribution in [0, 0.1) is 0 Å². The van der Waals surface area contributed by atoms with E-state index in [9.17, 15) is 0 Å². The summed E-state index contributed by atoms with van der Waals surface area (Å²) in [7, 11) is 0. The number of anilines is 1. The SMILES string of the molecule is NCc1cnc(-c2ccco2)nc1N. The maximum absolute atomic E-state index is 5.67. The zero-order valence-corrected chi connectivity index (χ0v) is 7.47. The average Bonchev–Trinajstić information content (AvgIpc) is 2.70. The molecule has 0 saturated carbocycles. The van der Waals surface area contributed by atoms with E-state index in [-0.39, 0.29) is 0 Å². The van der Waals surface area contributed by atoms with Gasteiger partial charge in [0.25, 0.3) is 0 Å². The monoisotopic (exact) mass is 190 g/mol. The molecule has 0 radical (unpaired) electrons. The molecule has 4 N–H and O–H groups in total. The fraction of sp³-hybridized carbons (Fsp3) is 0.111. The van der Waals surface area contributed by atoms with Crippen molar-refractivity contribution in [2.24, 2.45) is 5.73 Å². The quantitative estimate of drug-likeness (QED) is 0.730. The largest absolute Gasteiger partial charge is 0.461 e. The number of furan rings is 1. The van der Waals surface area contributed by atoms with Crippen molar-refractivity contribution in [2.45, 2.75) is 6.54 Å². The average molecular weight is 190 g/mol. The lowest BCUT2D eigenvalue weighted by Crippen LogP contribution is -2.05. The van der Waals surface area contributed by atoms with Crippen molar-refractivity contribution in [1.82, 2.24) is 9.97 Å². The standard InChI is InChI=1S/C9H10N4O/c10-4-6-5-12-9(13-8(6)11)7-2-1-3-14-7/h1-3,5H,4,10H2,(H2,11,12,13). The van der Waals surface area contributed by atoms with Crippen molar-refractivity contribution in [3.63, 3.8) is 0 Å². The molecule has 2 rings (SSSR count). The molecular weight excluding hydrogens is 180 g/mol. The zero-order valence-electron chi connectivity index (χ0n) is 7.47. The molecule has 0 saturated heterocycles. The van der Waals surface area contributed by atoms with Crippen molar-refractivity contribution < 1.29 is 4.42 Å². The van der Waals surface area contributed by atoms with Gasteiger partial charge in [-0.1, -0.05) is 0 Å². The third kappa shape index (κ3) is 1.45. The third-order valence-corrected chi connectivity index (χ3v) is 1.86. The van der Waals surface area contributed by atoms with Crippen molar-refractivity contribution in [1.29, 1.82) is 0 Å². The molecule has 0 amide bonds. The van der Waals surface area contributed by atoms with Gasteiger partial charge in [-0.15, -0.1) is 0 Å². The van der Waals surface area contributed by atoms with Crippen molar-refractivity contribution >= 4 is 5.82 Å². The predicted molar refractivity (Wildman–Crippen MR) is 52.0 cm³/mol. The summed E-state index contributed by atoms with van der Waals surface area (Å²) in [5.74, 6) is 1.47. The van der Waals surface area contributed by atoms with Crippen LogP contribution in [-0.2, 0) is 6.54 Å². The van der Waals surface area contributed by atoms with E-state index in [0.29, 0.717) is 23.9 Å². The van der Waals surface area contributed by atoms with E-state index in [1.54, 1.807) is 24.6 Å². The molecule has 2 aromatic heterocycles. The first-order valence-electron chi connectivity index (χ1n) is 4.16. The molecule has 0 fully saturated rings. The molecule has 2 heterocycles.